The van der Waals surface area contributed by atoms with Gasteiger partial charge < -0.3 is 5.73 Å². The topological polar surface area (TPSA) is 69.1 Å². The second kappa shape index (κ2) is 4.17. The molecule has 0 saturated carbocycles. The Bertz CT molecular complexity index is 488. The summed E-state index contributed by atoms with van der Waals surface area (Å²) in [5.41, 5.74) is 7.51. The van der Waals surface area contributed by atoms with Crippen molar-refractivity contribution < 1.29 is 0 Å². The van der Waals surface area contributed by atoms with Crippen molar-refractivity contribution in [2.75, 3.05) is 6.54 Å². The third-order valence-corrected chi connectivity index (χ3v) is 2.81. The van der Waals surface area contributed by atoms with Crippen LogP contribution >= 0.6 is 0 Å². The van der Waals surface area contributed by atoms with Gasteiger partial charge in [0.25, 0.3) is 0 Å². The molecule has 0 aliphatic carbocycles. The first-order chi connectivity index (χ1) is 7.63. The minimum atomic E-state index is 0.198. The summed E-state index contributed by atoms with van der Waals surface area (Å²) in [5.74, 6) is 1.49. The monoisotopic (exact) mass is 219 g/mol. The van der Waals surface area contributed by atoms with Gasteiger partial charge in [0.15, 0.2) is 11.5 Å². The lowest BCUT2D eigenvalue weighted by atomic mass is 9.95. The van der Waals surface area contributed by atoms with Crippen LogP contribution in [0.4, 0.5) is 0 Å². The van der Waals surface area contributed by atoms with Crippen LogP contribution < -0.4 is 5.73 Å². The number of aryl methyl sites for hydroxylation is 1. The van der Waals surface area contributed by atoms with Gasteiger partial charge in [0.05, 0.1) is 5.69 Å². The summed E-state index contributed by atoms with van der Waals surface area (Å²) >= 11 is 0. The lowest BCUT2D eigenvalue weighted by molar-refractivity contribution is 0.473. The molecule has 2 N–H and O–H groups in total. The van der Waals surface area contributed by atoms with Crippen LogP contribution in [0.2, 0.25) is 0 Å². The van der Waals surface area contributed by atoms with Crippen LogP contribution in [0.3, 0.4) is 0 Å². The largest absolute Gasteiger partial charge is 0.330 e. The average Bonchev–Trinajstić information content (AvgIpc) is 2.62. The van der Waals surface area contributed by atoms with Crippen LogP contribution in [0.15, 0.2) is 12.1 Å². The normalized spacial score (nSPS) is 13.6. The fourth-order valence-corrected chi connectivity index (χ4v) is 1.80. The number of fused-ring (bicyclic) bond motifs is 1. The van der Waals surface area contributed by atoms with Gasteiger partial charge in [0, 0.05) is 12.5 Å². The van der Waals surface area contributed by atoms with Crippen LogP contribution in [0.1, 0.15) is 31.3 Å². The molecule has 2 heterocycles. The van der Waals surface area contributed by atoms with Crippen molar-refractivity contribution in [3.63, 3.8) is 0 Å². The van der Waals surface area contributed by atoms with E-state index in [1.165, 1.54) is 0 Å². The van der Waals surface area contributed by atoms with E-state index < -0.39 is 0 Å². The van der Waals surface area contributed by atoms with E-state index in [9.17, 15) is 0 Å². The molecule has 86 valence electrons. The van der Waals surface area contributed by atoms with E-state index in [1.54, 1.807) is 4.52 Å². The summed E-state index contributed by atoms with van der Waals surface area (Å²) in [5, 5.41) is 12.7. The standard InChI is InChI=1S/C11H17N5/c1-7(2)9(6-12)11-14-13-10-5-4-8(3)15-16(10)11/h4-5,7,9H,6,12H2,1-3H3/t9-/m0/s1. The van der Waals surface area contributed by atoms with Crippen molar-refractivity contribution in [2.45, 2.75) is 26.7 Å². The highest BCUT2D eigenvalue weighted by atomic mass is 15.4. The molecule has 5 heteroatoms. The quantitative estimate of drug-likeness (QED) is 0.840. The number of hydrogen-bond acceptors (Lipinski definition) is 4. The maximum atomic E-state index is 5.79. The zero-order chi connectivity index (χ0) is 11.7. The minimum Gasteiger partial charge on any atom is -0.330 e. The maximum absolute atomic E-state index is 5.79. The second-order valence-corrected chi connectivity index (χ2v) is 4.39. The van der Waals surface area contributed by atoms with Gasteiger partial charge in [-0.25, -0.2) is 0 Å². The summed E-state index contributed by atoms with van der Waals surface area (Å²) in [4.78, 5) is 0. The van der Waals surface area contributed by atoms with Crippen molar-refractivity contribution in [1.29, 1.82) is 0 Å². The summed E-state index contributed by atoms with van der Waals surface area (Å²) < 4.78 is 1.80. The van der Waals surface area contributed by atoms with Gasteiger partial charge in [-0.3, -0.25) is 0 Å². The predicted molar refractivity (Wildman–Crippen MR) is 62.2 cm³/mol. The summed E-state index contributed by atoms with van der Waals surface area (Å²) in [6.07, 6.45) is 0. The van der Waals surface area contributed by atoms with Crippen molar-refractivity contribution in [1.82, 2.24) is 19.8 Å². The SMILES string of the molecule is Cc1ccc2nnc([C@@H](CN)C(C)C)n2n1. The lowest BCUT2D eigenvalue weighted by Gasteiger charge is -2.16. The smallest absolute Gasteiger partial charge is 0.177 e. The summed E-state index contributed by atoms with van der Waals surface area (Å²) in [6.45, 7) is 6.78. The zero-order valence-electron chi connectivity index (χ0n) is 9.88. The minimum absolute atomic E-state index is 0.198. The molecule has 0 radical (unpaired) electrons. The molecule has 2 aromatic rings. The van der Waals surface area contributed by atoms with Crippen molar-refractivity contribution in [3.05, 3.63) is 23.7 Å². The Morgan fingerprint density at radius 2 is 2.06 bits per heavy atom. The van der Waals surface area contributed by atoms with Gasteiger partial charge >= 0.3 is 0 Å². The first kappa shape index (κ1) is 11.0. The first-order valence-electron chi connectivity index (χ1n) is 5.52. The van der Waals surface area contributed by atoms with Crippen molar-refractivity contribution in [3.8, 4) is 0 Å². The fourth-order valence-electron chi connectivity index (χ4n) is 1.80. The van der Waals surface area contributed by atoms with Crippen molar-refractivity contribution in [2.24, 2.45) is 11.7 Å². The number of nitrogens with zero attached hydrogens (tertiary/aromatic N) is 4. The molecule has 0 aromatic carbocycles. The van der Waals surface area contributed by atoms with E-state index in [-0.39, 0.29) is 5.92 Å². The molecule has 0 spiro atoms. The average molecular weight is 219 g/mol. The van der Waals surface area contributed by atoms with Crippen molar-refractivity contribution >= 4 is 5.65 Å². The Labute approximate surface area is 94.7 Å². The van der Waals surface area contributed by atoms with E-state index in [0.717, 1.165) is 17.2 Å². The highest BCUT2D eigenvalue weighted by Gasteiger charge is 2.20. The molecular weight excluding hydrogens is 202 g/mol. The van der Waals surface area contributed by atoms with E-state index in [1.807, 2.05) is 19.1 Å². The molecule has 0 bridgehead atoms. The molecule has 1 atom stereocenters. The molecule has 0 amide bonds. The van der Waals surface area contributed by atoms with Crippen LogP contribution in [-0.2, 0) is 0 Å². The predicted octanol–water partition coefficient (Wildman–Crippen LogP) is 1.13. The number of rotatable bonds is 3. The lowest BCUT2D eigenvalue weighted by Crippen LogP contribution is -2.21. The maximum Gasteiger partial charge on any atom is 0.177 e. The highest BCUT2D eigenvalue weighted by Crippen LogP contribution is 2.21. The number of nitrogens with two attached hydrogens (primary N) is 1. The first-order valence-corrected chi connectivity index (χ1v) is 5.52. The Morgan fingerprint density at radius 3 is 2.69 bits per heavy atom. The van der Waals surface area contributed by atoms with Gasteiger partial charge in [-0.05, 0) is 25.0 Å². The molecule has 2 aromatic heterocycles. The Morgan fingerprint density at radius 1 is 1.31 bits per heavy atom. The molecule has 0 unspecified atom stereocenters. The zero-order valence-corrected chi connectivity index (χ0v) is 9.88. The van der Waals surface area contributed by atoms with E-state index in [0.29, 0.717) is 12.5 Å². The third kappa shape index (κ3) is 1.78. The Kier molecular flexibility index (Phi) is 2.87. The van der Waals surface area contributed by atoms with E-state index >= 15 is 0 Å². The van der Waals surface area contributed by atoms with Crippen LogP contribution in [-0.4, -0.2) is 26.4 Å². The molecule has 0 aliphatic heterocycles. The van der Waals surface area contributed by atoms with E-state index in [4.69, 9.17) is 5.73 Å². The fraction of sp³-hybridized carbons (Fsp3) is 0.545. The van der Waals surface area contributed by atoms with Crippen LogP contribution in [0.25, 0.3) is 5.65 Å². The second-order valence-electron chi connectivity index (χ2n) is 4.39. The highest BCUT2D eigenvalue weighted by molar-refractivity contribution is 5.36. The molecule has 2 rings (SSSR count). The number of hydrogen-bond donors (Lipinski definition) is 1. The molecule has 5 nitrogen and oxygen atoms in total. The van der Waals surface area contributed by atoms with Gasteiger partial charge in [0.1, 0.15) is 0 Å². The molecule has 16 heavy (non-hydrogen) atoms. The molecule has 0 saturated heterocycles. The molecule has 0 fully saturated rings. The summed E-state index contributed by atoms with van der Waals surface area (Å²) in [6, 6.07) is 3.85. The van der Waals surface area contributed by atoms with E-state index in [2.05, 4.69) is 29.1 Å². The Hall–Kier alpha value is -1.49. The van der Waals surface area contributed by atoms with Crippen LogP contribution in [0, 0.1) is 12.8 Å². The van der Waals surface area contributed by atoms with Gasteiger partial charge in [-0.2, -0.15) is 9.61 Å². The number of aromatic nitrogens is 4. The molecule has 0 aliphatic rings. The Balaban J connectivity index is 2.55. The third-order valence-electron chi connectivity index (χ3n) is 2.81. The van der Waals surface area contributed by atoms with Gasteiger partial charge in [-0.1, -0.05) is 13.8 Å². The van der Waals surface area contributed by atoms with Crippen LogP contribution in [0.5, 0.6) is 0 Å². The summed E-state index contributed by atoms with van der Waals surface area (Å²) in [7, 11) is 0. The molecular formula is C11H17N5. The van der Waals surface area contributed by atoms with Gasteiger partial charge in [-0.15, -0.1) is 10.2 Å². The van der Waals surface area contributed by atoms with Gasteiger partial charge in [0.2, 0.25) is 0 Å².